The second kappa shape index (κ2) is 5.63. The molecule has 19 heavy (non-hydrogen) atoms. The molecule has 2 rings (SSSR count). The Morgan fingerprint density at radius 1 is 1.26 bits per heavy atom. The van der Waals surface area contributed by atoms with E-state index in [1.807, 2.05) is 18.2 Å². The van der Waals surface area contributed by atoms with Gasteiger partial charge in [0.1, 0.15) is 0 Å². The van der Waals surface area contributed by atoms with Crippen LogP contribution in [0.5, 0.6) is 0 Å². The highest BCUT2D eigenvalue weighted by molar-refractivity contribution is 6.42. The summed E-state index contributed by atoms with van der Waals surface area (Å²) in [6.07, 6.45) is 3.40. The molecule has 0 aromatic heterocycles. The summed E-state index contributed by atoms with van der Waals surface area (Å²) < 4.78 is 0. The highest BCUT2D eigenvalue weighted by atomic mass is 35.5. The first kappa shape index (κ1) is 15.2. The third-order valence-corrected chi connectivity index (χ3v) is 5.40. The number of benzene rings is 1. The van der Waals surface area contributed by atoms with Crippen LogP contribution in [0.4, 0.5) is 0 Å². The topological polar surface area (TPSA) is 26.0 Å². The molecule has 1 aromatic carbocycles. The second-order valence-corrected chi connectivity index (χ2v) is 7.16. The Kier molecular flexibility index (Phi) is 4.49. The van der Waals surface area contributed by atoms with Crippen molar-refractivity contribution in [3.8, 4) is 0 Å². The average Bonchev–Trinajstić information content (AvgIpc) is 2.31. The van der Waals surface area contributed by atoms with Crippen molar-refractivity contribution in [2.75, 3.05) is 0 Å². The predicted molar refractivity (Wildman–Crippen MR) is 83.7 cm³/mol. The molecule has 2 N–H and O–H groups in total. The van der Waals surface area contributed by atoms with Gasteiger partial charge in [-0.15, -0.1) is 0 Å². The van der Waals surface area contributed by atoms with E-state index in [-0.39, 0.29) is 5.54 Å². The van der Waals surface area contributed by atoms with Crippen molar-refractivity contribution in [3.05, 3.63) is 33.8 Å². The van der Waals surface area contributed by atoms with Crippen LogP contribution in [0.3, 0.4) is 0 Å². The Bertz CT molecular complexity index is 458. The minimum atomic E-state index is -0.353. The lowest BCUT2D eigenvalue weighted by Gasteiger charge is -2.46. The van der Waals surface area contributed by atoms with Crippen molar-refractivity contribution in [1.82, 2.24) is 0 Å². The Morgan fingerprint density at radius 2 is 1.95 bits per heavy atom. The highest BCUT2D eigenvalue weighted by Crippen LogP contribution is 2.48. The van der Waals surface area contributed by atoms with Gasteiger partial charge >= 0.3 is 0 Å². The van der Waals surface area contributed by atoms with Gasteiger partial charge in [0.05, 0.1) is 10.0 Å². The molecule has 0 saturated heterocycles. The lowest BCUT2D eigenvalue weighted by molar-refractivity contribution is 0.108. The second-order valence-electron chi connectivity index (χ2n) is 6.38. The summed E-state index contributed by atoms with van der Waals surface area (Å²) in [5, 5.41) is 1.23. The average molecular weight is 300 g/mol. The maximum Gasteiger partial charge on any atom is 0.0642 e. The molecule has 3 unspecified atom stereocenters. The fraction of sp³-hybridized carbons (Fsp3) is 0.625. The number of halogens is 2. The summed E-state index contributed by atoms with van der Waals surface area (Å²) in [5.74, 6) is 1.64. The van der Waals surface area contributed by atoms with E-state index in [2.05, 4.69) is 20.8 Å². The minimum absolute atomic E-state index is 0.353. The van der Waals surface area contributed by atoms with Gasteiger partial charge in [0, 0.05) is 5.54 Å². The molecule has 1 aromatic rings. The number of hydrogen-bond acceptors (Lipinski definition) is 1. The van der Waals surface area contributed by atoms with Crippen molar-refractivity contribution in [2.24, 2.45) is 23.5 Å². The van der Waals surface area contributed by atoms with Gasteiger partial charge in [-0.2, -0.15) is 0 Å². The first-order chi connectivity index (χ1) is 8.86. The number of hydrogen-bond donors (Lipinski definition) is 1. The van der Waals surface area contributed by atoms with Crippen LogP contribution in [0.1, 0.15) is 45.6 Å². The largest absolute Gasteiger partial charge is 0.321 e. The van der Waals surface area contributed by atoms with Gasteiger partial charge in [-0.05, 0) is 42.2 Å². The molecule has 0 bridgehead atoms. The van der Waals surface area contributed by atoms with Crippen LogP contribution in [0, 0.1) is 17.8 Å². The summed E-state index contributed by atoms with van der Waals surface area (Å²) in [4.78, 5) is 0. The molecule has 0 spiro atoms. The molecule has 0 heterocycles. The standard InChI is InChI=1S/C16H23Cl2N/c1-10(2)12-8-7-11(3)9-16(12,19)13-5-4-6-14(17)15(13)18/h4-6,10-12H,7-9,19H2,1-3H3. The SMILES string of the molecule is CC1CCC(C(C)C)C(N)(c2cccc(Cl)c2Cl)C1. The molecular weight excluding hydrogens is 277 g/mol. The van der Waals surface area contributed by atoms with E-state index in [9.17, 15) is 0 Å². The quantitative estimate of drug-likeness (QED) is 0.794. The Morgan fingerprint density at radius 3 is 2.58 bits per heavy atom. The van der Waals surface area contributed by atoms with Crippen molar-refractivity contribution in [1.29, 1.82) is 0 Å². The molecule has 3 atom stereocenters. The maximum atomic E-state index is 6.84. The van der Waals surface area contributed by atoms with Crippen LogP contribution in [-0.4, -0.2) is 0 Å². The summed E-state index contributed by atoms with van der Waals surface area (Å²) in [6, 6.07) is 5.82. The Hall–Kier alpha value is -0.240. The van der Waals surface area contributed by atoms with Crippen LogP contribution in [0.25, 0.3) is 0 Å². The molecular formula is C16H23Cl2N. The normalized spacial score (nSPS) is 31.7. The molecule has 0 aliphatic heterocycles. The van der Waals surface area contributed by atoms with Crippen molar-refractivity contribution >= 4 is 23.2 Å². The molecule has 1 saturated carbocycles. The maximum absolute atomic E-state index is 6.84. The molecule has 1 aliphatic rings. The van der Waals surface area contributed by atoms with Gasteiger partial charge in [0.25, 0.3) is 0 Å². The van der Waals surface area contributed by atoms with Gasteiger partial charge in [0.2, 0.25) is 0 Å². The van der Waals surface area contributed by atoms with E-state index in [4.69, 9.17) is 28.9 Å². The first-order valence-electron chi connectivity index (χ1n) is 7.09. The summed E-state index contributed by atoms with van der Waals surface area (Å²) in [6.45, 7) is 6.78. The van der Waals surface area contributed by atoms with Crippen molar-refractivity contribution in [2.45, 2.75) is 45.6 Å². The fourth-order valence-electron chi connectivity index (χ4n) is 3.65. The summed E-state index contributed by atoms with van der Waals surface area (Å²) in [5.41, 5.74) is 7.51. The van der Waals surface area contributed by atoms with E-state index >= 15 is 0 Å². The molecule has 3 heteroatoms. The number of nitrogens with two attached hydrogens (primary N) is 1. The van der Waals surface area contributed by atoms with Gasteiger partial charge in [0.15, 0.2) is 0 Å². The highest BCUT2D eigenvalue weighted by Gasteiger charge is 2.43. The zero-order chi connectivity index (χ0) is 14.2. The van der Waals surface area contributed by atoms with Crippen LogP contribution in [0.15, 0.2) is 18.2 Å². The summed E-state index contributed by atoms with van der Waals surface area (Å²) in [7, 11) is 0. The third-order valence-electron chi connectivity index (χ3n) is 4.58. The van der Waals surface area contributed by atoms with E-state index in [1.165, 1.54) is 6.42 Å². The van der Waals surface area contributed by atoms with Crippen molar-refractivity contribution < 1.29 is 0 Å². The monoisotopic (exact) mass is 299 g/mol. The Labute approximate surface area is 126 Å². The molecule has 1 nitrogen and oxygen atoms in total. The summed E-state index contributed by atoms with van der Waals surface area (Å²) >= 11 is 12.6. The predicted octanol–water partition coefficient (Wildman–Crippen LogP) is 5.24. The lowest BCUT2D eigenvalue weighted by atomic mass is 9.63. The lowest BCUT2D eigenvalue weighted by Crippen LogP contribution is -2.50. The smallest absolute Gasteiger partial charge is 0.0642 e. The van der Waals surface area contributed by atoms with Crippen LogP contribution in [0.2, 0.25) is 10.0 Å². The van der Waals surface area contributed by atoms with Crippen LogP contribution >= 0.6 is 23.2 Å². The molecule has 1 aliphatic carbocycles. The molecule has 1 fully saturated rings. The van der Waals surface area contributed by atoms with E-state index in [0.717, 1.165) is 18.4 Å². The van der Waals surface area contributed by atoms with E-state index in [0.29, 0.717) is 27.8 Å². The van der Waals surface area contributed by atoms with E-state index in [1.54, 1.807) is 0 Å². The third kappa shape index (κ3) is 2.79. The van der Waals surface area contributed by atoms with Gasteiger partial charge < -0.3 is 5.73 Å². The van der Waals surface area contributed by atoms with Crippen LogP contribution in [-0.2, 0) is 5.54 Å². The minimum Gasteiger partial charge on any atom is -0.321 e. The van der Waals surface area contributed by atoms with Gasteiger partial charge in [-0.3, -0.25) is 0 Å². The van der Waals surface area contributed by atoms with Crippen molar-refractivity contribution in [3.63, 3.8) is 0 Å². The first-order valence-corrected chi connectivity index (χ1v) is 7.85. The van der Waals surface area contributed by atoms with Gasteiger partial charge in [-0.25, -0.2) is 0 Å². The molecule has 106 valence electrons. The molecule has 0 radical (unpaired) electrons. The van der Waals surface area contributed by atoms with Crippen LogP contribution < -0.4 is 5.73 Å². The Balaban J connectivity index is 2.49. The molecule has 0 amide bonds. The van der Waals surface area contributed by atoms with E-state index < -0.39 is 0 Å². The van der Waals surface area contributed by atoms with Gasteiger partial charge in [-0.1, -0.05) is 62.5 Å². The zero-order valence-corrected chi connectivity index (χ0v) is 13.4. The number of rotatable bonds is 2. The fourth-order valence-corrected chi connectivity index (χ4v) is 4.13. The zero-order valence-electron chi connectivity index (χ0n) is 11.9.